The zero-order chi connectivity index (χ0) is 16.9. The molecule has 0 N–H and O–H groups in total. The molecule has 11 heteroatoms. The molecule has 0 heterocycles. The molecule has 1 saturated carbocycles. The molecule has 0 radical (unpaired) electrons. The van der Waals surface area contributed by atoms with E-state index >= 15 is 0 Å². The van der Waals surface area contributed by atoms with Crippen LogP contribution >= 0.6 is 0 Å². The molecular weight excluding hydrogens is 329 g/mol. The molecule has 126 valence electrons. The molecule has 0 atom stereocenters. The summed E-state index contributed by atoms with van der Waals surface area (Å²) in [7, 11) is 0. The van der Waals surface area contributed by atoms with E-state index in [2.05, 4.69) is 0 Å². The predicted molar refractivity (Wildman–Crippen MR) is 47.5 cm³/mol. The van der Waals surface area contributed by atoms with Gasteiger partial charge in [-0.15, -0.1) is 0 Å². The Morgan fingerprint density at radius 1 is 0.524 bits per heavy atom. The minimum atomic E-state index is -7.23. The maximum absolute atomic E-state index is 13.8. The van der Waals surface area contributed by atoms with Crippen molar-refractivity contribution in [2.75, 3.05) is 0 Å². The van der Waals surface area contributed by atoms with E-state index in [1.807, 2.05) is 0 Å². The van der Waals surface area contributed by atoms with E-state index in [9.17, 15) is 48.3 Å². The van der Waals surface area contributed by atoms with Crippen LogP contribution in [0.15, 0.2) is 0 Å². The van der Waals surface area contributed by atoms with Gasteiger partial charge in [0, 0.05) is 5.92 Å². The van der Waals surface area contributed by atoms with Gasteiger partial charge in [0.25, 0.3) is 5.92 Å². The number of hydrogen-bond acceptors (Lipinski definition) is 0. The second-order valence-electron chi connectivity index (χ2n) is 4.85. The number of hydrogen-bond donors (Lipinski definition) is 0. The highest BCUT2D eigenvalue weighted by Crippen LogP contribution is 2.69. The SMILES string of the molecule is FC(F)(F)C(C(F)(F)F)(C(F)(F)F)C(F)(F)C1CCCC1. The van der Waals surface area contributed by atoms with Gasteiger partial charge in [0.05, 0.1) is 0 Å². The lowest BCUT2D eigenvalue weighted by Gasteiger charge is -2.45. The van der Waals surface area contributed by atoms with Crippen LogP contribution in [0.3, 0.4) is 0 Å². The van der Waals surface area contributed by atoms with E-state index in [0.29, 0.717) is 0 Å². The second-order valence-corrected chi connectivity index (χ2v) is 4.85. The summed E-state index contributed by atoms with van der Waals surface area (Å²) in [5.74, 6) is -8.65. The molecule has 0 aromatic rings. The van der Waals surface area contributed by atoms with Crippen molar-refractivity contribution < 1.29 is 48.3 Å². The van der Waals surface area contributed by atoms with Gasteiger partial charge in [0.15, 0.2) is 0 Å². The number of alkyl halides is 11. The van der Waals surface area contributed by atoms with Gasteiger partial charge < -0.3 is 0 Å². The first-order valence-electron chi connectivity index (χ1n) is 5.68. The monoisotopic (exact) mass is 338 g/mol. The molecule has 0 nitrogen and oxygen atoms in total. The lowest BCUT2D eigenvalue weighted by atomic mass is 9.72. The summed E-state index contributed by atoms with van der Waals surface area (Å²) in [6.07, 6.45) is -23.6. The van der Waals surface area contributed by atoms with Gasteiger partial charge in [-0.25, -0.2) is 8.78 Å². The fraction of sp³-hybridized carbons (Fsp3) is 1.00. The normalized spacial score (nSPS) is 20.1. The van der Waals surface area contributed by atoms with Crippen LogP contribution in [0.1, 0.15) is 25.7 Å². The molecule has 0 spiro atoms. The van der Waals surface area contributed by atoms with Crippen molar-refractivity contribution in [1.29, 1.82) is 0 Å². The highest BCUT2D eigenvalue weighted by atomic mass is 19.4. The van der Waals surface area contributed by atoms with E-state index in [1.165, 1.54) is 0 Å². The zero-order valence-electron chi connectivity index (χ0n) is 10.1. The molecule has 1 aliphatic rings. The molecule has 1 rings (SSSR count). The molecule has 21 heavy (non-hydrogen) atoms. The van der Waals surface area contributed by atoms with Crippen LogP contribution in [-0.2, 0) is 0 Å². The summed E-state index contributed by atoms with van der Waals surface area (Å²) in [5, 5.41) is 0. The lowest BCUT2D eigenvalue weighted by Crippen LogP contribution is -2.70. The Hall–Kier alpha value is -0.770. The first-order chi connectivity index (χ1) is 9.11. The molecule has 0 saturated heterocycles. The number of halogens is 11. The summed E-state index contributed by atoms with van der Waals surface area (Å²) >= 11 is 0. The highest BCUT2D eigenvalue weighted by Gasteiger charge is 2.93. The third-order valence-electron chi connectivity index (χ3n) is 3.64. The molecule has 1 aliphatic carbocycles. The van der Waals surface area contributed by atoms with Crippen molar-refractivity contribution in [1.82, 2.24) is 0 Å². The molecule has 0 unspecified atom stereocenters. The summed E-state index contributed by atoms with van der Waals surface area (Å²) in [6.45, 7) is 0. The molecule has 0 bridgehead atoms. The zero-order valence-corrected chi connectivity index (χ0v) is 10.1. The van der Waals surface area contributed by atoms with Gasteiger partial charge in [-0.05, 0) is 12.8 Å². The predicted octanol–water partition coefficient (Wildman–Crippen LogP) is 5.49. The van der Waals surface area contributed by atoms with Crippen molar-refractivity contribution in [3.8, 4) is 0 Å². The average molecular weight is 338 g/mol. The Kier molecular flexibility index (Phi) is 4.24. The first-order valence-corrected chi connectivity index (χ1v) is 5.68. The van der Waals surface area contributed by atoms with E-state index in [-0.39, 0.29) is 12.8 Å². The van der Waals surface area contributed by atoms with Crippen molar-refractivity contribution in [2.24, 2.45) is 11.3 Å². The van der Waals surface area contributed by atoms with Crippen molar-refractivity contribution in [3.05, 3.63) is 0 Å². The van der Waals surface area contributed by atoms with Gasteiger partial charge in [-0.1, -0.05) is 12.8 Å². The Morgan fingerprint density at radius 3 is 1.05 bits per heavy atom. The fourth-order valence-electron chi connectivity index (χ4n) is 2.64. The summed E-state index contributed by atoms with van der Waals surface area (Å²) in [5.41, 5.74) is -7.06. The fourth-order valence-corrected chi connectivity index (χ4v) is 2.64. The smallest absolute Gasteiger partial charge is 0.205 e. The van der Waals surface area contributed by atoms with Crippen LogP contribution in [0.4, 0.5) is 48.3 Å². The van der Waals surface area contributed by atoms with Crippen molar-refractivity contribution in [3.63, 3.8) is 0 Å². The van der Waals surface area contributed by atoms with Crippen LogP contribution < -0.4 is 0 Å². The van der Waals surface area contributed by atoms with Crippen LogP contribution in [0, 0.1) is 11.3 Å². The molecule has 0 aliphatic heterocycles. The van der Waals surface area contributed by atoms with E-state index in [0.717, 1.165) is 0 Å². The van der Waals surface area contributed by atoms with Gasteiger partial charge in [-0.3, -0.25) is 0 Å². The van der Waals surface area contributed by atoms with E-state index in [4.69, 9.17) is 0 Å². The standard InChI is InChI=1S/C10H9F11/c11-6(12,5-3-1-2-4-5)7(8(13,14)15,9(16,17)18)10(19,20)21/h5H,1-4H2. The van der Waals surface area contributed by atoms with Gasteiger partial charge in [0.2, 0.25) is 0 Å². The van der Waals surface area contributed by atoms with E-state index < -0.39 is 48.6 Å². The Labute approximate surface area is 111 Å². The maximum atomic E-state index is 13.8. The molecular formula is C10H9F11. The molecule has 0 aromatic carbocycles. The lowest BCUT2D eigenvalue weighted by molar-refractivity contribution is -0.481. The van der Waals surface area contributed by atoms with Crippen LogP contribution in [-0.4, -0.2) is 24.5 Å². The van der Waals surface area contributed by atoms with Gasteiger partial charge in [-0.2, -0.15) is 39.5 Å². The molecule has 1 fully saturated rings. The topological polar surface area (TPSA) is 0 Å². The van der Waals surface area contributed by atoms with Crippen molar-refractivity contribution in [2.45, 2.75) is 50.1 Å². The molecule has 0 amide bonds. The highest BCUT2D eigenvalue weighted by molar-refractivity contribution is 5.10. The quantitative estimate of drug-likeness (QED) is 0.585. The minimum absolute atomic E-state index is 0.149. The number of rotatable bonds is 2. The minimum Gasteiger partial charge on any atom is -0.205 e. The van der Waals surface area contributed by atoms with Crippen LogP contribution in [0.5, 0.6) is 0 Å². The largest absolute Gasteiger partial charge is 0.418 e. The maximum Gasteiger partial charge on any atom is 0.418 e. The van der Waals surface area contributed by atoms with Gasteiger partial charge in [0.1, 0.15) is 0 Å². The van der Waals surface area contributed by atoms with Crippen LogP contribution in [0.25, 0.3) is 0 Å². The van der Waals surface area contributed by atoms with Crippen LogP contribution in [0.2, 0.25) is 0 Å². The summed E-state index contributed by atoms with van der Waals surface area (Å²) in [4.78, 5) is 0. The second kappa shape index (κ2) is 4.87. The Bertz CT molecular complexity index is 330. The Morgan fingerprint density at radius 2 is 0.810 bits per heavy atom. The van der Waals surface area contributed by atoms with Crippen molar-refractivity contribution >= 4 is 0 Å². The summed E-state index contributed by atoms with van der Waals surface area (Å²) < 4.78 is 141. The third-order valence-corrected chi connectivity index (χ3v) is 3.64. The van der Waals surface area contributed by atoms with E-state index in [1.54, 1.807) is 0 Å². The first kappa shape index (κ1) is 18.3. The average Bonchev–Trinajstić information content (AvgIpc) is 2.60. The Balaban J connectivity index is 3.65. The third kappa shape index (κ3) is 2.45. The van der Waals surface area contributed by atoms with Gasteiger partial charge >= 0.3 is 23.9 Å². The summed E-state index contributed by atoms with van der Waals surface area (Å²) in [6, 6.07) is 0. The molecule has 0 aromatic heterocycles.